The van der Waals surface area contributed by atoms with Crippen molar-refractivity contribution >= 4 is 36.5 Å². The van der Waals surface area contributed by atoms with Crippen LogP contribution in [0.15, 0.2) is 12.4 Å². The predicted octanol–water partition coefficient (Wildman–Crippen LogP) is 2.34. The van der Waals surface area contributed by atoms with Gasteiger partial charge in [0.25, 0.3) is 0 Å². The van der Waals surface area contributed by atoms with Crippen LogP contribution >= 0.6 is 24.8 Å². The number of nitrogens with zero attached hydrogens (tertiary/aromatic N) is 3. The fourth-order valence-electron chi connectivity index (χ4n) is 2.69. The molecule has 0 unspecified atom stereocenters. The van der Waals surface area contributed by atoms with Gasteiger partial charge in [-0.2, -0.15) is 0 Å². The molecule has 1 aromatic heterocycles. The van der Waals surface area contributed by atoms with Crippen LogP contribution in [0.3, 0.4) is 0 Å². The summed E-state index contributed by atoms with van der Waals surface area (Å²) in [5, 5.41) is 3.10. The highest BCUT2D eigenvalue weighted by atomic mass is 35.5. The van der Waals surface area contributed by atoms with Crippen LogP contribution in [0.5, 0.6) is 0 Å². The molecule has 1 saturated heterocycles. The smallest absolute Gasteiger partial charge is 0.237 e. The van der Waals surface area contributed by atoms with E-state index >= 15 is 0 Å². The number of aromatic nitrogens is 2. The van der Waals surface area contributed by atoms with Gasteiger partial charge in [-0.05, 0) is 24.7 Å². The highest BCUT2D eigenvalue weighted by Gasteiger charge is 2.30. The Hall–Kier alpha value is -1.11. The maximum Gasteiger partial charge on any atom is 0.237 e. The van der Waals surface area contributed by atoms with Gasteiger partial charge in [0, 0.05) is 30.9 Å². The molecule has 1 fully saturated rings. The summed E-state index contributed by atoms with van der Waals surface area (Å²) in [5.74, 6) is 0.930. The molecule has 144 valence electrons. The van der Waals surface area contributed by atoms with Crippen LogP contribution in [0.2, 0.25) is 0 Å². The standard InChI is InChI=1S/C17H29N5O.2ClH/c1-5-12-10-14(20-11-19-12)22-8-6-13(7-9-22)21-16(23)15(18)17(2,3)4;;/h10-11,13,15H,5-9,18H2,1-4H3,(H,21,23);2*1H/t15-;;/m1../s1. The van der Waals surface area contributed by atoms with Crippen molar-refractivity contribution in [2.24, 2.45) is 11.1 Å². The van der Waals surface area contributed by atoms with Gasteiger partial charge in [0.15, 0.2) is 0 Å². The van der Waals surface area contributed by atoms with Crippen LogP contribution in [-0.2, 0) is 11.2 Å². The Kier molecular flexibility index (Phi) is 9.69. The van der Waals surface area contributed by atoms with E-state index in [0.29, 0.717) is 0 Å². The van der Waals surface area contributed by atoms with Crippen molar-refractivity contribution in [2.45, 2.75) is 59.0 Å². The van der Waals surface area contributed by atoms with Crippen molar-refractivity contribution in [2.75, 3.05) is 18.0 Å². The number of rotatable bonds is 4. The van der Waals surface area contributed by atoms with Crippen LogP contribution < -0.4 is 16.0 Å². The number of nitrogens with one attached hydrogen (secondary N) is 1. The maximum absolute atomic E-state index is 12.2. The number of hydrogen-bond acceptors (Lipinski definition) is 5. The fourth-order valence-corrected chi connectivity index (χ4v) is 2.69. The molecule has 8 heteroatoms. The zero-order chi connectivity index (χ0) is 17.0. The molecular formula is C17H31Cl2N5O. The monoisotopic (exact) mass is 391 g/mol. The van der Waals surface area contributed by atoms with Gasteiger partial charge in [-0.3, -0.25) is 4.79 Å². The lowest BCUT2D eigenvalue weighted by molar-refractivity contribution is -0.125. The van der Waals surface area contributed by atoms with Gasteiger partial charge in [0.2, 0.25) is 5.91 Å². The van der Waals surface area contributed by atoms with E-state index in [1.54, 1.807) is 6.33 Å². The number of carbonyl (C=O) groups is 1. The van der Waals surface area contributed by atoms with Gasteiger partial charge in [-0.15, -0.1) is 24.8 Å². The number of carbonyl (C=O) groups excluding carboxylic acids is 1. The lowest BCUT2D eigenvalue weighted by atomic mass is 9.86. The summed E-state index contributed by atoms with van der Waals surface area (Å²) in [4.78, 5) is 23.1. The van der Waals surface area contributed by atoms with Crippen molar-refractivity contribution < 1.29 is 4.79 Å². The molecule has 1 aliphatic rings. The normalized spacial score (nSPS) is 16.4. The third kappa shape index (κ3) is 6.60. The molecule has 0 aromatic carbocycles. The first-order chi connectivity index (χ1) is 10.8. The quantitative estimate of drug-likeness (QED) is 0.822. The first kappa shape index (κ1) is 23.9. The molecule has 0 radical (unpaired) electrons. The van der Waals surface area contributed by atoms with Gasteiger partial charge in [0.1, 0.15) is 12.1 Å². The maximum atomic E-state index is 12.2. The van der Waals surface area contributed by atoms with Gasteiger partial charge in [-0.1, -0.05) is 27.7 Å². The Bertz CT molecular complexity index is 542. The Morgan fingerprint density at radius 3 is 2.44 bits per heavy atom. The molecular weight excluding hydrogens is 361 g/mol. The molecule has 3 N–H and O–H groups in total. The van der Waals surface area contributed by atoms with E-state index in [1.807, 2.05) is 20.8 Å². The molecule has 25 heavy (non-hydrogen) atoms. The minimum atomic E-state index is -0.477. The SMILES string of the molecule is CCc1cc(N2CCC(NC(=O)[C@@H](N)C(C)(C)C)CC2)ncn1.Cl.Cl. The Balaban J connectivity index is 0.00000288. The Morgan fingerprint density at radius 1 is 1.32 bits per heavy atom. The molecule has 0 aliphatic carbocycles. The average molecular weight is 392 g/mol. The second kappa shape index (κ2) is 10.1. The van der Waals surface area contributed by atoms with Crippen LogP contribution in [-0.4, -0.2) is 41.0 Å². The number of nitrogens with two attached hydrogens (primary N) is 1. The molecule has 2 heterocycles. The highest BCUT2D eigenvalue weighted by Crippen LogP contribution is 2.20. The van der Waals surface area contributed by atoms with E-state index in [4.69, 9.17) is 5.73 Å². The third-order valence-electron chi connectivity index (χ3n) is 4.45. The fraction of sp³-hybridized carbons (Fsp3) is 0.706. The minimum absolute atomic E-state index is 0. The Labute approximate surface area is 163 Å². The average Bonchev–Trinajstić information content (AvgIpc) is 2.54. The summed E-state index contributed by atoms with van der Waals surface area (Å²) in [6, 6.07) is 1.77. The van der Waals surface area contributed by atoms with Gasteiger partial charge in [-0.25, -0.2) is 9.97 Å². The van der Waals surface area contributed by atoms with E-state index < -0.39 is 6.04 Å². The molecule has 1 aromatic rings. The van der Waals surface area contributed by atoms with Gasteiger partial charge in [0.05, 0.1) is 6.04 Å². The minimum Gasteiger partial charge on any atom is -0.356 e. The summed E-state index contributed by atoms with van der Waals surface area (Å²) in [6.07, 6.45) is 4.36. The van der Waals surface area contributed by atoms with E-state index in [1.165, 1.54) is 0 Å². The topological polar surface area (TPSA) is 84.1 Å². The zero-order valence-electron chi connectivity index (χ0n) is 15.5. The molecule has 1 atom stereocenters. The number of hydrogen-bond donors (Lipinski definition) is 2. The number of amides is 1. The zero-order valence-corrected chi connectivity index (χ0v) is 17.1. The van der Waals surface area contributed by atoms with E-state index in [2.05, 4.69) is 33.2 Å². The van der Waals surface area contributed by atoms with Crippen LogP contribution in [0.1, 0.15) is 46.2 Å². The van der Waals surface area contributed by atoms with Crippen LogP contribution in [0, 0.1) is 5.41 Å². The molecule has 1 amide bonds. The van der Waals surface area contributed by atoms with Gasteiger partial charge >= 0.3 is 0 Å². The second-order valence-electron chi connectivity index (χ2n) is 7.33. The van der Waals surface area contributed by atoms with Gasteiger partial charge < -0.3 is 16.0 Å². The highest BCUT2D eigenvalue weighted by molar-refractivity contribution is 5.85. The molecule has 6 nitrogen and oxygen atoms in total. The van der Waals surface area contributed by atoms with Crippen LogP contribution in [0.25, 0.3) is 0 Å². The third-order valence-corrected chi connectivity index (χ3v) is 4.45. The Morgan fingerprint density at radius 2 is 1.92 bits per heavy atom. The molecule has 2 rings (SSSR count). The largest absolute Gasteiger partial charge is 0.356 e. The first-order valence-corrected chi connectivity index (χ1v) is 8.43. The van der Waals surface area contributed by atoms with E-state index in [0.717, 1.165) is 43.9 Å². The number of anilines is 1. The van der Waals surface area contributed by atoms with Crippen molar-refractivity contribution in [3.63, 3.8) is 0 Å². The predicted molar refractivity (Wildman–Crippen MR) is 107 cm³/mol. The summed E-state index contributed by atoms with van der Waals surface area (Å²) >= 11 is 0. The van der Waals surface area contributed by atoms with Crippen molar-refractivity contribution in [3.8, 4) is 0 Å². The van der Waals surface area contributed by atoms with Crippen molar-refractivity contribution in [3.05, 3.63) is 18.1 Å². The molecule has 0 saturated carbocycles. The lowest BCUT2D eigenvalue weighted by Gasteiger charge is -2.34. The lowest BCUT2D eigenvalue weighted by Crippen LogP contribution is -2.53. The summed E-state index contributed by atoms with van der Waals surface area (Å²) in [5.41, 5.74) is 6.86. The van der Waals surface area contributed by atoms with E-state index in [-0.39, 0.29) is 42.2 Å². The molecule has 0 spiro atoms. The number of halogens is 2. The summed E-state index contributed by atoms with van der Waals surface area (Å²) in [6.45, 7) is 9.82. The second-order valence-corrected chi connectivity index (χ2v) is 7.33. The van der Waals surface area contributed by atoms with Crippen molar-refractivity contribution in [1.82, 2.24) is 15.3 Å². The summed E-state index contributed by atoms with van der Waals surface area (Å²) < 4.78 is 0. The van der Waals surface area contributed by atoms with E-state index in [9.17, 15) is 4.79 Å². The first-order valence-electron chi connectivity index (χ1n) is 8.43. The summed E-state index contributed by atoms with van der Waals surface area (Å²) in [7, 11) is 0. The number of piperidine rings is 1. The number of aryl methyl sites for hydroxylation is 1. The molecule has 0 bridgehead atoms. The molecule has 1 aliphatic heterocycles. The van der Waals surface area contributed by atoms with Crippen molar-refractivity contribution in [1.29, 1.82) is 0 Å². The van der Waals surface area contributed by atoms with Crippen LogP contribution in [0.4, 0.5) is 5.82 Å².